The lowest BCUT2D eigenvalue weighted by molar-refractivity contribution is -0.140. The molecule has 1 aliphatic heterocycles. The number of nitrogens with one attached hydrogen (secondary N) is 1. The summed E-state index contributed by atoms with van der Waals surface area (Å²) < 4.78 is 0. The van der Waals surface area contributed by atoms with Crippen LogP contribution < -0.4 is 10.2 Å². The van der Waals surface area contributed by atoms with E-state index >= 15 is 0 Å². The van der Waals surface area contributed by atoms with E-state index in [9.17, 15) is 19.2 Å². The molecule has 0 bridgehead atoms. The number of fused-ring (bicyclic) bond motifs is 1. The van der Waals surface area contributed by atoms with Crippen LogP contribution in [0.5, 0.6) is 0 Å². The zero-order valence-electron chi connectivity index (χ0n) is 16.5. The minimum atomic E-state index is -0.349. The molecule has 2 fully saturated rings. The van der Waals surface area contributed by atoms with Gasteiger partial charge in [0.05, 0.1) is 11.8 Å². The van der Waals surface area contributed by atoms with Crippen LogP contribution in [0.3, 0.4) is 0 Å². The van der Waals surface area contributed by atoms with Gasteiger partial charge in [-0.25, -0.2) is 0 Å². The summed E-state index contributed by atoms with van der Waals surface area (Å²) in [5.41, 5.74) is 1.09. The number of amides is 4. The van der Waals surface area contributed by atoms with Gasteiger partial charge in [0.15, 0.2) is 0 Å². The van der Waals surface area contributed by atoms with Crippen LogP contribution in [0, 0.1) is 24.2 Å². The molecule has 1 aromatic rings. The lowest BCUT2D eigenvalue weighted by Gasteiger charge is -2.23. The first-order chi connectivity index (χ1) is 14.0. The van der Waals surface area contributed by atoms with Crippen LogP contribution in [-0.2, 0) is 19.2 Å². The SMILES string of the molecule is C#Cc1cccc(N(CC(=O)NC)C(=O)CCN2C(=O)C3CCCCC3C2=O)c1. The third-order valence-electron chi connectivity index (χ3n) is 5.69. The van der Waals surface area contributed by atoms with Crippen molar-refractivity contribution in [2.45, 2.75) is 32.1 Å². The molecule has 1 saturated carbocycles. The molecule has 4 amide bonds. The standard InChI is InChI=1S/C22H25N3O4/c1-3-15-7-6-8-16(13-15)25(14-19(26)23-2)20(27)11-12-24-21(28)17-9-4-5-10-18(17)22(24)29/h1,6-8,13,17-18H,4-5,9-12,14H2,2H3,(H,23,26). The molecule has 2 aliphatic rings. The molecule has 3 rings (SSSR count). The topological polar surface area (TPSA) is 86.8 Å². The molecule has 1 aliphatic carbocycles. The zero-order chi connectivity index (χ0) is 21.0. The summed E-state index contributed by atoms with van der Waals surface area (Å²) in [5.74, 6) is 1.03. The number of rotatable bonds is 6. The number of anilines is 1. The molecule has 7 nitrogen and oxygen atoms in total. The number of carbonyl (C=O) groups excluding carboxylic acids is 4. The van der Waals surface area contributed by atoms with Crippen molar-refractivity contribution < 1.29 is 19.2 Å². The van der Waals surface area contributed by atoms with Gasteiger partial charge in [-0.3, -0.25) is 24.1 Å². The quantitative estimate of drug-likeness (QED) is 0.581. The van der Waals surface area contributed by atoms with E-state index in [-0.39, 0.29) is 55.0 Å². The van der Waals surface area contributed by atoms with Crippen LogP contribution in [0.25, 0.3) is 0 Å². The third kappa shape index (κ3) is 4.32. The van der Waals surface area contributed by atoms with Crippen molar-refractivity contribution in [1.29, 1.82) is 0 Å². The second-order valence-electron chi connectivity index (χ2n) is 7.42. The molecule has 29 heavy (non-hydrogen) atoms. The van der Waals surface area contributed by atoms with Crippen LogP contribution in [0.2, 0.25) is 0 Å². The predicted octanol–water partition coefficient (Wildman–Crippen LogP) is 1.31. The molecular formula is C22H25N3O4. The maximum Gasteiger partial charge on any atom is 0.239 e. The van der Waals surface area contributed by atoms with Crippen molar-refractivity contribution in [3.63, 3.8) is 0 Å². The van der Waals surface area contributed by atoms with Gasteiger partial charge in [-0.05, 0) is 31.0 Å². The van der Waals surface area contributed by atoms with Gasteiger partial charge in [-0.1, -0.05) is 24.8 Å². The second-order valence-corrected chi connectivity index (χ2v) is 7.42. The Hall–Kier alpha value is -3.14. The molecule has 0 aromatic heterocycles. The summed E-state index contributed by atoms with van der Waals surface area (Å²) in [6, 6.07) is 6.80. The Morgan fingerprint density at radius 2 is 1.86 bits per heavy atom. The highest BCUT2D eigenvalue weighted by molar-refractivity contribution is 6.06. The van der Waals surface area contributed by atoms with Gasteiger partial charge < -0.3 is 10.2 Å². The number of hydrogen-bond acceptors (Lipinski definition) is 4. The van der Waals surface area contributed by atoms with E-state index in [1.165, 1.54) is 16.8 Å². The Balaban J connectivity index is 1.73. The van der Waals surface area contributed by atoms with Gasteiger partial charge in [-0.15, -0.1) is 6.42 Å². The molecule has 152 valence electrons. The Morgan fingerprint density at radius 3 is 2.45 bits per heavy atom. The molecule has 0 spiro atoms. The number of hydrogen-bond donors (Lipinski definition) is 1. The minimum absolute atomic E-state index is 0.0303. The molecule has 1 N–H and O–H groups in total. The summed E-state index contributed by atoms with van der Waals surface area (Å²) in [7, 11) is 1.49. The van der Waals surface area contributed by atoms with Crippen molar-refractivity contribution in [2.75, 3.05) is 25.0 Å². The van der Waals surface area contributed by atoms with Crippen molar-refractivity contribution in [3.8, 4) is 12.3 Å². The molecule has 1 saturated heterocycles. The van der Waals surface area contributed by atoms with E-state index < -0.39 is 0 Å². The lowest BCUT2D eigenvalue weighted by Crippen LogP contribution is -2.42. The van der Waals surface area contributed by atoms with E-state index in [4.69, 9.17) is 6.42 Å². The lowest BCUT2D eigenvalue weighted by atomic mass is 9.81. The number of benzene rings is 1. The summed E-state index contributed by atoms with van der Waals surface area (Å²) in [4.78, 5) is 52.6. The van der Waals surface area contributed by atoms with Crippen molar-refractivity contribution in [3.05, 3.63) is 29.8 Å². The number of likely N-dealkylation sites (tertiary alicyclic amines) is 1. The van der Waals surface area contributed by atoms with Crippen molar-refractivity contribution in [1.82, 2.24) is 10.2 Å². The number of terminal acetylenes is 1. The first kappa shape index (κ1) is 20.6. The first-order valence-electron chi connectivity index (χ1n) is 9.89. The van der Waals surface area contributed by atoms with Crippen LogP contribution >= 0.6 is 0 Å². The highest BCUT2D eigenvalue weighted by Crippen LogP contribution is 2.38. The van der Waals surface area contributed by atoms with Gasteiger partial charge in [0.25, 0.3) is 0 Å². The number of nitrogens with zero attached hydrogens (tertiary/aromatic N) is 2. The molecule has 0 radical (unpaired) electrons. The fourth-order valence-corrected chi connectivity index (χ4v) is 4.10. The molecular weight excluding hydrogens is 370 g/mol. The summed E-state index contributed by atoms with van der Waals surface area (Å²) >= 11 is 0. The van der Waals surface area contributed by atoms with Gasteiger partial charge in [0.2, 0.25) is 23.6 Å². The smallest absolute Gasteiger partial charge is 0.239 e. The maximum absolute atomic E-state index is 12.9. The molecule has 7 heteroatoms. The van der Waals surface area contributed by atoms with E-state index in [1.54, 1.807) is 24.3 Å². The molecule has 2 unspecified atom stereocenters. The zero-order valence-corrected chi connectivity index (χ0v) is 16.5. The molecule has 1 aromatic carbocycles. The first-order valence-corrected chi connectivity index (χ1v) is 9.89. The van der Waals surface area contributed by atoms with Gasteiger partial charge in [0, 0.05) is 31.3 Å². The Labute approximate surface area is 170 Å². The normalized spacial score (nSPS) is 20.8. The summed E-state index contributed by atoms with van der Waals surface area (Å²) in [6.07, 6.45) is 8.78. The average molecular weight is 395 g/mol. The van der Waals surface area contributed by atoms with Crippen molar-refractivity contribution >= 4 is 29.3 Å². The number of carbonyl (C=O) groups is 4. The third-order valence-corrected chi connectivity index (χ3v) is 5.69. The predicted molar refractivity (Wildman–Crippen MR) is 108 cm³/mol. The van der Waals surface area contributed by atoms with E-state index in [1.807, 2.05) is 0 Å². The molecule has 1 heterocycles. The van der Waals surface area contributed by atoms with Gasteiger partial charge >= 0.3 is 0 Å². The minimum Gasteiger partial charge on any atom is -0.358 e. The number of imide groups is 1. The maximum atomic E-state index is 12.9. The van der Waals surface area contributed by atoms with Crippen LogP contribution in [-0.4, -0.2) is 48.7 Å². The van der Waals surface area contributed by atoms with Crippen LogP contribution in [0.4, 0.5) is 5.69 Å². The average Bonchev–Trinajstić information content (AvgIpc) is 3.00. The fraction of sp³-hybridized carbons (Fsp3) is 0.455. The fourth-order valence-electron chi connectivity index (χ4n) is 4.10. The second kappa shape index (κ2) is 8.91. The van der Waals surface area contributed by atoms with Crippen LogP contribution in [0.1, 0.15) is 37.7 Å². The van der Waals surface area contributed by atoms with E-state index in [2.05, 4.69) is 11.2 Å². The summed E-state index contributed by atoms with van der Waals surface area (Å²) in [5, 5.41) is 2.50. The largest absolute Gasteiger partial charge is 0.358 e. The monoisotopic (exact) mass is 395 g/mol. The highest BCUT2D eigenvalue weighted by Gasteiger charge is 2.47. The Bertz CT molecular complexity index is 849. The van der Waals surface area contributed by atoms with E-state index in [0.717, 1.165) is 25.7 Å². The Morgan fingerprint density at radius 1 is 1.21 bits per heavy atom. The van der Waals surface area contributed by atoms with Crippen molar-refractivity contribution in [2.24, 2.45) is 11.8 Å². The number of likely N-dealkylation sites (N-methyl/N-ethyl adjacent to an activating group) is 1. The van der Waals surface area contributed by atoms with Crippen LogP contribution in [0.15, 0.2) is 24.3 Å². The summed E-state index contributed by atoms with van der Waals surface area (Å²) in [6.45, 7) is -0.140. The molecule has 2 atom stereocenters. The van der Waals surface area contributed by atoms with Gasteiger partial charge in [-0.2, -0.15) is 0 Å². The van der Waals surface area contributed by atoms with E-state index in [0.29, 0.717) is 11.3 Å². The highest BCUT2D eigenvalue weighted by atomic mass is 16.2. The van der Waals surface area contributed by atoms with Gasteiger partial charge in [0.1, 0.15) is 6.54 Å². The Kier molecular flexibility index (Phi) is 6.32.